The van der Waals surface area contributed by atoms with Gasteiger partial charge in [-0.1, -0.05) is 0 Å². The van der Waals surface area contributed by atoms with E-state index in [1.54, 1.807) is 0 Å². The fourth-order valence-electron chi connectivity index (χ4n) is 0.0304. The first kappa shape index (κ1) is 5.40. The average Bonchev–Trinajstić information content (AvgIpc) is 1.35. The number of nitrogens with zero attached hydrogens (tertiary/aromatic N) is 1. The van der Waals surface area contributed by atoms with Crippen molar-refractivity contribution in [2.24, 2.45) is 0 Å². The molecule has 0 aromatic rings. The highest BCUT2D eigenvalue weighted by Crippen LogP contribution is 1.68. The molecule has 0 saturated heterocycles. The molecule has 4 nitrogen and oxygen atoms in total. The number of hydrogen-bond acceptors (Lipinski definition) is 4. The Bertz CT molecular complexity index is 93.5. The van der Waals surface area contributed by atoms with Gasteiger partial charge < -0.3 is 8.74 Å². The summed E-state index contributed by atoms with van der Waals surface area (Å²) in [5.74, 6) is 0. The third-order valence-corrected chi connectivity index (χ3v) is 0.316. The Morgan fingerprint density at radius 3 is 2.50 bits per heavy atom. The second-order valence-electron chi connectivity index (χ2n) is 0.379. The van der Waals surface area contributed by atoms with Crippen LogP contribution in [0.5, 0.6) is 0 Å². The van der Waals surface area contributed by atoms with E-state index in [1.807, 2.05) is 0 Å². The first-order chi connectivity index (χ1) is 2.77. The van der Waals surface area contributed by atoms with E-state index in [1.165, 1.54) is 0 Å². The first-order valence-corrected chi connectivity index (χ1v) is 1.93. The van der Waals surface area contributed by atoms with Gasteiger partial charge >= 0.3 is 6.26 Å². The van der Waals surface area contributed by atoms with Crippen LogP contribution in [-0.4, -0.2) is 8.76 Å². The van der Waals surface area contributed by atoms with Gasteiger partial charge in [0.2, 0.25) is 0 Å². The molecule has 1 unspecified atom stereocenters. The summed E-state index contributed by atoms with van der Waals surface area (Å²) in [6.07, 6.45) is 0.954. The van der Waals surface area contributed by atoms with E-state index in [2.05, 4.69) is 4.18 Å². The van der Waals surface area contributed by atoms with Crippen LogP contribution >= 0.6 is 0 Å². The van der Waals surface area contributed by atoms with Crippen molar-refractivity contribution in [3.63, 3.8) is 0 Å². The van der Waals surface area contributed by atoms with Crippen LogP contribution in [-0.2, 0) is 15.5 Å². The SMILES string of the molecule is N#COS(=O)[O-]. The fraction of sp³-hybridized carbons (Fsp3) is 0. The van der Waals surface area contributed by atoms with Gasteiger partial charge in [0.25, 0.3) is 0 Å². The molecule has 0 bridgehead atoms. The standard InChI is InChI=1S/CHNO3S/c2-1-5-6(3)4/h(H,3,4)/p-1. The van der Waals surface area contributed by atoms with Gasteiger partial charge in [-0.25, -0.2) is 4.21 Å². The zero-order valence-corrected chi connectivity index (χ0v) is 3.40. The third kappa shape index (κ3) is 3.40. The molecular weight excluding hydrogens is 106 g/mol. The van der Waals surface area contributed by atoms with E-state index < -0.39 is 11.4 Å². The molecule has 0 aromatic carbocycles. The molecule has 0 aliphatic carbocycles. The molecule has 0 aliphatic rings. The Kier molecular flexibility index (Phi) is 2.36. The van der Waals surface area contributed by atoms with E-state index in [0.717, 1.165) is 6.26 Å². The molecule has 0 aliphatic heterocycles. The minimum atomic E-state index is -2.68. The lowest BCUT2D eigenvalue weighted by molar-refractivity contribution is 0.418. The van der Waals surface area contributed by atoms with Gasteiger partial charge in [0.1, 0.15) is 0 Å². The molecule has 0 N–H and O–H groups in total. The van der Waals surface area contributed by atoms with Crippen molar-refractivity contribution >= 4 is 11.4 Å². The Hall–Kier alpha value is -0.600. The van der Waals surface area contributed by atoms with Crippen molar-refractivity contribution < 1.29 is 12.9 Å². The molecule has 0 rings (SSSR count). The Balaban J connectivity index is 3.13. The molecule has 0 spiro atoms. The maximum absolute atomic E-state index is 9.15. The summed E-state index contributed by atoms with van der Waals surface area (Å²) in [7, 11) is 0. The number of hydrogen-bond donors (Lipinski definition) is 0. The van der Waals surface area contributed by atoms with Gasteiger partial charge in [0.05, 0.1) is 0 Å². The molecule has 34 valence electrons. The van der Waals surface area contributed by atoms with Crippen molar-refractivity contribution in [1.29, 1.82) is 5.26 Å². The summed E-state index contributed by atoms with van der Waals surface area (Å²) >= 11 is -2.68. The molecule has 5 heteroatoms. The van der Waals surface area contributed by atoms with Gasteiger partial charge in [-0.15, -0.1) is 5.26 Å². The zero-order valence-electron chi connectivity index (χ0n) is 2.58. The Morgan fingerprint density at radius 1 is 2.00 bits per heavy atom. The minimum Gasteiger partial charge on any atom is -0.739 e. The van der Waals surface area contributed by atoms with Crippen LogP contribution in [0.25, 0.3) is 0 Å². The quantitative estimate of drug-likeness (QED) is 0.326. The first-order valence-electron chi connectivity index (χ1n) is 0.928. The van der Waals surface area contributed by atoms with E-state index in [4.69, 9.17) is 14.0 Å². The lowest BCUT2D eigenvalue weighted by Crippen LogP contribution is -1.84. The van der Waals surface area contributed by atoms with Gasteiger partial charge in [0, 0.05) is 0 Å². The van der Waals surface area contributed by atoms with Gasteiger partial charge in [-0.2, -0.15) is 0 Å². The predicted octanol–water partition coefficient (Wildman–Crippen LogP) is -0.722. The largest absolute Gasteiger partial charge is 0.739 e. The van der Waals surface area contributed by atoms with Crippen LogP contribution in [0.1, 0.15) is 0 Å². The van der Waals surface area contributed by atoms with Crippen LogP contribution in [0.2, 0.25) is 0 Å². The van der Waals surface area contributed by atoms with Gasteiger partial charge in [-0.3, -0.25) is 0 Å². The molecule has 0 aromatic heterocycles. The van der Waals surface area contributed by atoms with Crippen LogP contribution in [0.15, 0.2) is 0 Å². The summed E-state index contributed by atoms with van der Waals surface area (Å²) in [5, 5.41) is 7.37. The third-order valence-electron chi connectivity index (χ3n) is 0.105. The van der Waals surface area contributed by atoms with Crippen LogP contribution in [0.4, 0.5) is 0 Å². The van der Waals surface area contributed by atoms with Crippen LogP contribution in [0, 0.1) is 11.5 Å². The molecule has 6 heavy (non-hydrogen) atoms. The van der Waals surface area contributed by atoms with E-state index in [9.17, 15) is 0 Å². The summed E-state index contributed by atoms with van der Waals surface area (Å²) in [6, 6.07) is 0. The summed E-state index contributed by atoms with van der Waals surface area (Å²) < 4.78 is 21.6. The fourth-order valence-corrected chi connectivity index (χ4v) is 0.0913. The zero-order chi connectivity index (χ0) is 4.99. The molecular formula is CNO3S-. The highest BCUT2D eigenvalue weighted by Gasteiger charge is 1.68. The number of rotatable bonds is 1. The second-order valence-corrected chi connectivity index (χ2v) is 0.954. The molecule has 0 saturated carbocycles. The summed E-state index contributed by atoms with van der Waals surface area (Å²) in [6.45, 7) is 0. The summed E-state index contributed by atoms with van der Waals surface area (Å²) in [4.78, 5) is 0. The highest BCUT2D eigenvalue weighted by molar-refractivity contribution is 7.74. The summed E-state index contributed by atoms with van der Waals surface area (Å²) in [5.41, 5.74) is 0. The normalized spacial score (nSPS) is 12.0. The van der Waals surface area contributed by atoms with Crippen molar-refractivity contribution in [2.45, 2.75) is 0 Å². The van der Waals surface area contributed by atoms with Crippen LogP contribution < -0.4 is 0 Å². The van der Waals surface area contributed by atoms with Crippen LogP contribution in [0.3, 0.4) is 0 Å². The maximum Gasteiger partial charge on any atom is 0.300 e. The van der Waals surface area contributed by atoms with E-state index in [0.29, 0.717) is 0 Å². The molecule has 1 atom stereocenters. The minimum absolute atomic E-state index is 0.954. The van der Waals surface area contributed by atoms with Gasteiger partial charge in [0.15, 0.2) is 11.4 Å². The molecule has 0 amide bonds. The predicted molar refractivity (Wildman–Crippen MR) is 15.6 cm³/mol. The lowest BCUT2D eigenvalue weighted by atomic mass is 11.6. The van der Waals surface area contributed by atoms with E-state index >= 15 is 0 Å². The Morgan fingerprint density at radius 2 is 2.50 bits per heavy atom. The second kappa shape index (κ2) is 2.63. The van der Waals surface area contributed by atoms with Crippen molar-refractivity contribution in [3.05, 3.63) is 0 Å². The van der Waals surface area contributed by atoms with Crippen molar-refractivity contribution in [3.8, 4) is 6.26 Å². The topological polar surface area (TPSA) is 73.1 Å². The Labute approximate surface area is 36.8 Å². The van der Waals surface area contributed by atoms with E-state index in [-0.39, 0.29) is 0 Å². The smallest absolute Gasteiger partial charge is 0.300 e. The lowest BCUT2D eigenvalue weighted by Gasteiger charge is -1.91. The molecule has 0 fully saturated rings. The van der Waals surface area contributed by atoms with Crippen molar-refractivity contribution in [1.82, 2.24) is 0 Å². The number of nitriles is 1. The van der Waals surface area contributed by atoms with Gasteiger partial charge in [-0.05, 0) is 0 Å². The monoisotopic (exact) mass is 106 g/mol. The molecule has 0 radical (unpaired) electrons. The molecule has 0 heterocycles. The maximum atomic E-state index is 9.15. The average molecular weight is 106 g/mol. The van der Waals surface area contributed by atoms with Crippen molar-refractivity contribution in [2.75, 3.05) is 0 Å². The highest BCUT2D eigenvalue weighted by atomic mass is 32.2.